The summed E-state index contributed by atoms with van der Waals surface area (Å²) >= 11 is 0. The van der Waals surface area contributed by atoms with Crippen LogP contribution in [0.5, 0.6) is 0 Å². The molecule has 0 bridgehead atoms. The highest BCUT2D eigenvalue weighted by Crippen LogP contribution is 2.08. The summed E-state index contributed by atoms with van der Waals surface area (Å²) in [6.07, 6.45) is 7.69. The van der Waals surface area contributed by atoms with E-state index in [2.05, 4.69) is 15.0 Å². The van der Waals surface area contributed by atoms with Gasteiger partial charge in [0.1, 0.15) is 5.82 Å². The lowest BCUT2D eigenvalue weighted by molar-refractivity contribution is 0.767. The van der Waals surface area contributed by atoms with E-state index in [1.165, 1.54) is 10.8 Å². The molecule has 0 aliphatic carbocycles. The zero-order valence-electron chi connectivity index (χ0n) is 9.16. The van der Waals surface area contributed by atoms with Crippen LogP contribution in [0.4, 0.5) is 0 Å². The maximum Gasteiger partial charge on any atom is 0.273 e. The zero-order chi connectivity index (χ0) is 11.5. The van der Waals surface area contributed by atoms with Gasteiger partial charge in [0.15, 0.2) is 0 Å². The van der Waals surface area contributed by atoms with Gasteiger partial charge in [-0.3, -0.25) is 14.3 Å². The Balaban J connectivity index is 2.43. The van der Waals surface area contributed by atoms with Crippen molar-refractivity contribution in [2.24, 2.45) is 0 Å². The van der Waals surface area contributed by atoms with Crippen LogP contribution in [0.1, 0.15) is 25.6 Å². The van der Waals surface area contributed by atoms with Crippen molar-refractivity contribution in [1.29, 1.82) is 0 Å². The topological polar surface area (TPSA) is 60.7 Å². The first-order valence-corrected chi connectivity index (χ1v) is 5.03. The maximum absolute atomic E-state index is 11.5. The largest absolute Gasteiger partial charge is 0.278 e. The molecule has 5 nitrogen and oxygen atoms in total. The van der Waals surface area contributed by atoms with Crippen molar-refractivity contribution >= 4 is 0 Å². The van der Waals surface area contributed by atoms with Gasteiger partial charge in [-0.15, -0.1) is 0 Å². The first-order valence-electron chi connectivity index (χ1n) is 5.03. The summed E-state index contributed by atoms with van der Waals surface area (Å²) in [5.74, 6) is 1.05. The molecule has 2 rings (SSSR count). The van der Waals surface area contributed by atoms with Crippen LogP contribution in [-0.2, 0) is 0 Å². The van der Waals surface area contributed by atoms with Crippen LogP contribution in [0.15, 0.2) is 35.8 Å². The molecule has 2 aromatic rings. The van der Waals surface area contributed by atoms with Gasteiger partial charge in [-0.05, 0) is 0 Å². The zero-order valence-corrected chi connectivity index (χ0v) is 9.16. The fourth-order valence-corrected chi connectivity index (χ4v) is 1.31. The smallest absolute Gasteiger partial charge is 0.273 e. The van der Waals surface area contributed by atoms with Gasteiger partial charge >= 0.3 is 0 Å². The Labute approximate surface area is 92.8 Å². The summed E-state index contributed by atoms with van der Waals surface area (Å²) in [4.78, 5) is 23.6. The Morgan fingerprint density at radius 1 is 1.19 bits per heavy atom. The number of rotatable bonds is 2. The van der Waals surface area contributed by atoms with Crippen molar-refractivity contribution in [2.45, 2.75) is 19.8 Å². The second kappa shape index (κ2) is 4.22. The van der Waals surface area contributed by atoms with Crippen LogP contribution in [0.25, 0.3) is 5.69 Å². The first kappa shape index (κ1) is 10.5. The molecule has 0 saturated heterocycles. The minimum absolute atomic E-state index is 0.191. The van der Waals surface area contributed by atoms with E-state index in [1.807, 2.05) is 13.8 Å². The van der Waals surface area contributed by atoms with Crippen molar-refractivity contribution in [3.63, 3.8) is 0 Å². The van der Waals surface area contributed by atoms with Gasteiger partial charge in [-0.2, -0.15) is 0 Å². The normalized spacial score (nSPS) is 10.7. The minimum atomic E-state index is -0.191. The molecule has 0 N–H and O–H groups in total. The average molecular weight is 216 g/mol. The van der Waals surface area contributed by atoms with Gasteiger partial charge in [-0.1, -0.05) is 13.8 Å². The van der Waals surface area contributed by atoms with Crippen LogP contribution in [-0.4, -0.2) is 19.5 Å². The van der Waals surface area contributed by atoms with Gasteiger partial charge in [0.05, 0.1) is 24.3 Å². The first-order chi connectivity index (χ1) is 7.68. The molecular weight excluding hydrogens is 204 g/mol. The number of hydrogen-bond acceptors (Lipinski definition) is 4. The highest BCUT2D eigenvalue weighted by molar-refractivity contribution is 5.25. The van der Waals surface area contributed by atoms with E-state index in [0.29, 0.717) is 5.69 Å². The summed E-state index contributed by atoms with van der Waals surface area (Å²) in [6.45, 7) is 4.04. The predicted molar refractivity (Wildman–Crippen MR) is 59.5 cm³/mol. The van der Waals surface area contributed by atoms with Crippen molar-refractivity contribution in [3.8, 4) is 5.69 Å². The van der Waals surface area contributed by atoms with Crippen molar-refractivity contribution in [3.05, 3.63) is 47.2 Å². The number of aromatic nitrogens is 4. The highest BCUT2D eigenvalue weighted by Gasteiger charge is 2.04. The highest BCUT2D eigenvalue weighted by atomic mass is 16.1. The summed E-state index contributed by atoms with van der Waals surface area (Å²) in [7, 11) is 0. The Bertz CT molecular complexity index is 530. The van der Waals surface area contributed by atoms with Gasteiger partial charge in [0.25, 0.3) is 5.56 Å². The van der Waals surface area contributed by atoms with Crippen LogP contribution >= 0.6 is 0 Å². The van der Waals surface area contributed by atoms with Crippen LogP contribution in [0, 0.1) is 0 Å². The molecule has 0 aliphatic rings. The fraction of sp³-hybridized carbons (Fsp3) is 0.273. The van der Waals surface area contributed by atoms with E-state index in [9.17, 15) is 4.79 Å². The van der Waals surface area contributed by atoms with E-state index in [4.69, 9.17) is 0 Å². The second-order valence-corrected chi connectivity index (χ2v) is 3.74. The molecule has 2 heterocycles. The summed E-state index contributed by atoms with van der Waals surface area (Å²) < 4.78 is 1.46. The van der Waals surface area contributed by atoms with E-state index in [-0.39, 0.29) is 11.5 Å². The molecular formula is C11H12N4O. The van der Waals surface area contributed by atoms with Gasteiger partial charge in [0, 0.05) is 18.3 Å². The molecule has 0 unspecified atom stereocenters. The van der Waals surface area contributed by atoms with Crippen molar-refractivity contribution in [2.75, 3.05) is 0 Å². The standard InChI is InChI=1S/C11H12N4O/c1-8(2)11-13-5-9(6-14-11)15-4-3-12-7-10(15)16/h3-8H,1-2H3. The summed E-state index contributed by atoms with van der Waals surface area (Å²) in [6, 6.07) is 0. The summed E-state index contributed by atoms with van der Waals surface area (Å²) in [5, 5.41) is 0. The molecule has 0 radical (unpaired) electrons. The average Bonchev–Trinajstić information content (AvgIpc) is 2.30. The van der Waals surface area contributed by atoms with Gasteiger partial charge in [0.2, 0.25) is 0 Å². The summed E-state index contributed by atoms with van der Waals surface area (Å²) in [5.41, 5.74) is 0.459. The van der Waals surface area contributed by atoms with Crippen molar-refractivity contribution < 1.29 is 0 Å². The lowest BCUT2D eigenvalue weighted by atomic mass is 10.2. The van der Waals surface area contributed by atoms with E-state index < -0.39 is 0 Å². The second-order valence-electron chi connectivity index (χ2n) is 3.74. The monoisotopic (exact) mass is 216 g/mol. The Kier molecular flexibility index (Phi) is 2.76. The Hall–Kier alpha value is -2.04. The fourth-order valence-electron chi connectivity index (χ4n) is 1.31. The Morgan fingerprint density at radius 3 is 2.44 bits per heavy atom. The Morgan fingerprint density at radius 2 is 1.88 bits per heavy atom. The molecule has 5 heteroatoms. The van der Waals surface area contributed by atoms with E-state index >= 15 is 0 Å². The maximum atomic E-state index is 11.5. The minimum Gasteiger partial charge on any atom is -0.278 e. The lowest BCUT2D eigenvalue weighted by Crippen LogP contribution is -2.17. The molecule has 0 amide bonds. The molecule has 0 aliphatic heterocycles. The third kappa shape index (κ3) is 1.98. The molecule has 0 aromatic carbocycles. The van der Waals surface area contributed by atoms with Crippen LogP contribution in [0.3, 0.4) is 0 Å². The molecule has 0 fully saturated rings. The SMILES string of the molecule is CC(C)c1ncc(-n2ccncc2=O)cn1. The number of hydrogen-bond donors (Lipinski definition) is 0. The number of nitrogens with zero attached hydrogens (tertiary/aromatic N) is 4. The predicted octanol–water partition coefficient (Wildman–Crippen LogP) is 1.15. The quantitative estimate of drug-likeness (QED) is 0.755. The lowest BCUT2D eigenvalue weighted by Gasteiger charge is -2.06. The molecule has 0 saturated carbocycles. The van der Waals surface area contributed by atoms with Crippen LogP contribution < -0.4 is 5.56 Å². The van der Waals surface area contributed by atoms with Gasteiger partial charge < -0.3 is 0 Å². The van der Waals surface area contributed by atoms with E-state index in [0.717, 1.165) is 5.82 Å². The molecule has 0 atom stereocenters. The molecule has 0 spiro atoms. The van der Waals surface area contributed by atoms with Crippen molar-refractivity contribution in [1.82, 2.24) is 19.5 Å². The molecule has 16 heavy (non-hydrogen) atoms. The molecule has 82 valence electrons. The van der Waals surface area contributed by atoms with Crippen LogP contribution in [0.2, 0.25) is 0 Å². The molecule has 2 aromatic heterocycles. The van der Waals surface area contributed by atoms with E-state index in [1.54, 1.807) is 24.8 Å². The third-order valence-electron chi connectivity index (χ3n) is 2.18. The third-order valence-corrected chi connectivity index (χ3v) is 2.18. The van der Waals surface area contributed by atoms with Gasteiger partial charge in [-0.25, -0.2) is 9.97 Å².